The van der Waals surface area contributed by atoms with Crippen molar-refractivity contribution >= 4 is 23.1 Å². The van der Waals surface area contributed by atoms with E-state index in [4.69, 9.17) is 0 Å². The highest BCUT2D eigenvalue weighted by Crippen LogP contribution is 2.23. The molecule has 0 unspecified atom stereocenters. The van der Waals surface area contributed by atoms with Gasteiger partial charge in [0.05, 0.1) is 17.4 Å². The molecule has 0 atom stereocenters. The third-order valence-corrected chi connectivity index (χ3v) is 3.96. The minimum atomic E-state index is 0.272. The highest BCUT2D eigenvalue weighted by atomic mass is 32.1. The first-order valence-electron chi connectivity index (χ1n) is 6.85. The van der Waals surface area contributed by atoms with Gasteiger partial charge in [0.2, 0.25) is 0 Å². The van der Waals surface area contributed by atoms with Crippen LogP contribution in [0.25, 0.3) is 5.57 Å². The Morgan fingerprint density at radius 3 is 3.00 bits per heavy atom. The highest BCUT2D eigenvalue weighted by Gasteiger charge is 2.16. The number of carbonyl (C=O) groups excluding carboxylic acids is 1. The van der Waals surface area contributed by atoms with Gasteiger partial charge in [0, 0.05) is 19.5 Å². The molecule has 104 valence electrons. The third kappa shape index (κ3) is 4.21. The Kier molecular flexibility index (Phi) is 5.22. The Balaban J connectivity index is 1.94. The molecule has 0 bridgehead atoms. The monoisotopic (exact) mass is 279 g/mol. The number of hydrogen-bond acceptors (Lipinski definition) is 5. The number of hydrogen-bond donors (Lipinski definition) is 0. The van der Waals surface area contributed by atoms with Crippen LogP contribution in [0.15, 0.2) is 6.08 Å². The summed E-state index contributed by atoms with van der Waals surface area (Å²) < 4.78 is 8.88. The summed E-state index contributed by atoms with van der Waals surface area (Å²) in [7, 11) is 2.14. The first-order valence-corrected chi connectivity index (χ1v) is 7.58. The zero-order valence-electron chi connectivity index (χ0n) is 11.7. The zero-order chi connectivity index (χ0) is 13.7. The van der Waals surface area contributed by atoms with Crippen molar-refractivity contribution in [1.82, 2.24) is 13.6 Å². The van der Waals surface area contributed by atoms with Crippen LogP contribution in [0.4, 0.5) is 0 Å². The van der Waals surface area contributed by atoms with E-state index in [2.05, 4.69) is 26.8 Å². The Morgan fingerprint density at radius 2 is 2.26 bits per heavy atom. The van der Waals surface area contributed by atoms with Gasteiger partial charge in [-0.3, -0.25) is 0 Å². The molecule has 5 heteroatoms. The van der Waals surface area contributed by atoms with E-state index in [9.17, 15) is 4.79 Å². The molecule has 4 nitrogen and oxygen atoms in total. The van der Waals surface area contributed by atoms with Crippen LogP contribution < -0.4 is 0 Å². The van der Waals surface area contributed by atoms with Crippen molar-refractivity contribution < 1.29 is 4.79 Å². The number of carbonyl (C=O) groups is 1. The maximum absolute atomic E-state index is 10.9. The molecule has 0 aromatic carbocycles. The van der Waals surface area contributed by atoms with E-state index in [-0.39, 0.29) is 5.78 Å². The molecule has 19 heavy (non-hydrogen) atoms. The summed E-state index contributed by atoms with van der Waals surface area (Å²) >= 11 is 1.30. The number of rotatable bonds is 6. The molecule has 1 aliphatic rings. The first kappa shape index (κ1) is 14.3. The highest BCUT2D eigenvalue weighted by molar-refractivity contribution is 6.99. The molecule has 0 saturated heterocycles. The lowest BCUT2D eigenvalue weighted by molar-refractivity contribution is -0.117. The van der Waals surface area contributed by atoms with Gasteiger partial charge in [-0.1, -0.05) is 6.08 Å². The van der Waals surface area contributed by atoms with Crippen molar-refractivity contribution in [2.45, 2.75) is 39.0 Å². The average Bonchev–Trinajstić information content (AvgIpc) is 2.83. The number of Topliss-reactive ketones (excluding diaryl/α,β-unsaturated/α-hetero) is 1. The molecule has 0 fully saturated rings. The maximum atomic E-state index is 10.9. The predicted octanol–water partition coefficient (Wildman–Crippen LogP) is 2.56. The second kappa shape index (κ2) is 6.91. The number of likely N-dealkylation sites (N-methyl/N-ethyl adjacent to an activating group) is 1. The molecule has 0 aliphatic carbocycles. The van der Waals surface area contributed by atoms with E-state index in [1.165, 1.54) is 17.3 Å². The quantitative estimate of drug-likeness (QED) is 0.751. The van der Waals surface area contributed by atoms with Gasteiger partial charge in [-0.25, -0.2) is 0 Å². The van der Waals surface area contributed by atoms with Gasteiger partial charge in [-0.05, 0) is 45.2 Å². The topological polar surface area (TPSA) is 46.1 Å². The number of unbranched alkanes of at least 4 members (excludes halogenated alkanes) is 1. The Morgan fingerprint density at radius 1 is 1.42 bits per heavy atom. The van der Waals surface area contributed by atoms with E-state index >= 15 is 0 Å². The fraction of sp³-hybridized carbons (Fsp3) is 0.643. The summed E-state index contributed by atoms with van der Waals surface area (Å²) in [5, 5.41) is 0. The maximum Gasteiger partial charge on any atom is 0.129 e. The van der Waals surface area contributed by atoms with E-state index in [1.807, 2.05) is 0 Å². The van der Waals surface area contributed by atoms with Crippen molar-refractivity contribution in [3.8, 4) is 0 Å². The number of aromatic nitrogens is 2. The van der Waals surface area contributed by atoms with Crippen molar-refractivity contribution in [2.75, 3.05) is 20.1 Å². The van der Waals surface area contributed by atoms with Crippen LogP contribution in [0.5, 0.6) is 0 Å². The van der Waals surface area contributed by atoms with Crippen molar-refractivity contribution in [3.05, 3.63) is 17.5 Å². The average molecular weight is 279 g/mol. The van der Waals surface area contributed by atoms with Crippen LogP contribution in [0.1, 0.15) is 44.0 Å². The minimum absolute atomic E-state index is 0.272. The summed E-state index contributed by atoms with van der Waals surface area (Å²) in [5.74, 6) is 0.272. The van der Waals surface area contributed by atoms with Crippen LogP contribution >= 0.6 is 11.7 Å². The van der Waals surface area contributed by atoms with Crippen molar-refractivity contribution in [2.24, 2.45) is 0 Å². The molecule has 0 spiro atoms. The van der Waals surface area contributed by atoms with Gasteiger partial charge in [-0.15, -0.1) is 0 Å². The van der Waals surface area contributed by atoms with Gasteiger partial charge in [-0.2, -0.15) is 8.75 Å². The molecular formula is C14H21N3OS. The van der Waals surface area contributed by atoms with Crippen molar-refractivity contribution in [1.29, 1.82) is 0 Å². The number of nitrogens with zero attached hydrogens (tertiary/aromatic N) is 3. The minimum Gasteiger partial charge on any atom is -0.302 e. The smallest absolute Gasteiger partial charge is 0.129 e. The van der Waals surface area contributed by atoms with Gasteiger partial charge in [0.1, 0.15) is 11.5 Å². The summed E-state index contributed by atoms with van der Waals surface area (Å²) in [4.78, 5) is 13.2. The van der Waals surface area contributed by atoms with E-state index in [1.54, 1.807) is 6.92 Å². The van der Waals surface area contributed by atoms with Crippen LogP contribution in [-0.4, -0.2) is 39.6 Å². The van der Waals surface area contributed by atoms with Gasteiger partial charge >= 0.3 is 0 Å². The second-order valence-corrected chi connectivity index (χ2v) is 5.75. The summed E-state index contributed by atoms with van der Waals surface area (Å²) in [6.45, 7) is 3.74. The van der Waals surface area contributed by atoms with Crippen LogP contribution in [0.2, 0.25) is 0 Å². The lowest BCUT2D eigenvalue weighted by atomic mass is 10.0. The summed E-state index contributed by atoms with van der Waals surface area (Å²) in [6, 6.07) is 0. The molecule has 0 radical (unpaired) electrons. The molecule has 1 aromatic rings. The summed E-state index contributed by atoms with van der Waals surface area (Å²) in [6.07, 6.45) is 6.95. The van der Waals surface area contributed by atoms with Crippen molar-refractivity contribution in [3.63, 3.8) is 0 Å². The van der Waals surface area contributed by atoms with E-state index in [0.29, 0.717) is 6.42 Å². The molecule has 0 saturated carbocycles. The van der Waals surface area contributed by atoms with Gasteiger partial charge in [0.15, 0.2) is 0 Å². The molecular weight excluding hydrogens is 258 g/mol. The predicted molar refractivity (Wildman–Crippen MR) is 78.2 cm³/mol. The number of ketones is 1. The number of aryl methyl sites for hydroxylation is 1. The molecule has 2 rings (SSSR count). The normalized spacial score (nSPS) is 16.4. The zero-order valence-corrected chi connectivity index (χ0v) is 12.5. The summed E-state index contributed by atoms with van der Waals surface area (Å²) in [5.41, 5.74) is 3.50. The standard InChI is InChI=1S/C14H21N3OS/c1-11(18)6-3-4-8-13-14(16-19-15-13)12-7-5-9-17(2)10-12/h7H,3-6,8-10H2,1-2H3. The molecule has 0 amide bonds. The Bertz CT molecular complexity index is 467. The lowest BCUT2D eigenvalue weighted by Crippen LogP contribution is -2.25. The van der Waals surface area contributed by atoms with Gasteiger partial charge < -0.3 is 9.69 Å². The fourth-order valence-electron chi connectivity index (χ4n) is 2.35. The fourth-order valence-corrected chi connectivity index (χ4v) is 2.97. The first-order chi connectivity index (χ1) is 9.16. The van der Waals surface area contributed by atoms with E-state index in [0.717, 1.165) is 50.2 Å². The largest absolute Gasteiger partial charge is 0.302 e. The Labute approximate surface area is 118 Å². The van der Waals surface area contributed by atoms with Gasteiger partial charge in [0.25, 0.3) is 0 Å². The SMILES string of the molecule is CC(=O)CCCCc1nsnc1C1=CCCN(C)C1. The Hall–Kier alpha value is -1.07. The van der Waals surface area contributed by atoms with Crippen LogP contribution in [-0.2, 0) is 11.2 Å². The molecule has 2 heterocycles. The van der Waals surface area contributed by atoms with E-state index < -0.39 is 0 Å². The third-order valence-electron chi connectivity index (χ3n) is 3.39. The lowest BCUT2D eigenvalue weighted by Gasteiger charge is -2.22. The molecule has 0 N–H and O–H groups in total. The second-order valence-electron chi connectivity index (χ2n) is 5.22. The molecule has 1 aromatic heterocycles. The molecule has 1 aliphatic heterocycles. The van der Waals surface area contributed by atoms with Crippen LogP contribution in [0, 0.1) is 0 Å². The van der Waals surface area contributed by atoms with Crippen LogP contribution in [0.3, 0.4) is 0 Å².